The highest BCUT2D eigenvalue weighted by molar-refractivity contribution is 6.40. The van der Waals surface area contributed by atoms with Gasteiger partial charge in [0.25, 0.3) is 0 Å². The van der Waals surface area contributed by atoms with Crippen LogP contribution in [0.2, 0.25) is 0 Å². The number of carbonyl (C=O) groups excluding carboxylic acids is 2. The summed E-state index contributed by atoms with van der Waals surface area (Å²) in [6.07, 6.45) is 4.53. The van der Waals surface area contributed by atoms with Crippen LogP contribution in [0.1, 0.15) is 12.0 Å². The van der Waals surface area contributed by atoms with Gasteiger partial charge in [-0.15, -0.1) is 0 Å². The second-order valence-corrected chi connectivity index (χ2v) is 3.99. The molecule has 3 nitrogen and oxygen atoms in total. The first-order valence-corrected chi connectivity index (χ1v) is 5.38. The highest BCUT2D eigenvalue weighted by Gasteiger charge is 2.23. The minimum atomic E-state index is -0.459. The lowest BCUT2D eigenvalue weighted by Gasteiger charge is -2.09. The van der Waals surface area contributed by atoms with Gasteiger partial charge in [-0.2, -0.15) is 0 Å². The smallest absolute Gasteiger partial charge is 0.221 e. The minimum Gasteiger partial charge on any atom is -0.294 e. The van der Waals surface area contributed by atoms with Crippen molar-refractivity contribution in [3.05, 3.63) is 47.6 Å². The third-order valence-electron chi connectivity index (χ3n) is 2.97. The third kappa shape index (κ3) is 1.47. The van der Waals surface area contributed by atoms with Gasteiger partial charge in [0.2, 0.25) is 5.78 Å². The molecular weight excluding hydrogens is 214 g/mol. The van der Waals surface area contributed by atoms with Gasteiger partial charge in [0.15, 0.2) is 6.29 Å². The van der Waals surface area contributed by atoms with Gasteiger partial charge in [-0.3, -0.25) is 9.59 Å². The Hall–Kier alpha value is -2.29. The lowest BCUT2D eigenvalue weighted by molar-refractivity contribution is -0.127. The molecule has 0 saturated heterocycles. The predicted octanol–water partition coefficient (Wildman–Crippen LogP) is 2.25. The van der Waals surface area contributed by atoms with Gasteiger partial charge < -0.3 is 0 Å². The molecule has 0 atom stereocenters. The number of nitrogens with zero attached hydrogens (tertiary/aromatic N) is 1. The minimum absolute atomic E-state index is 0.354. The Bertz CT molecular complexity index is 621. The number of aliphatic imine (C=N–C) groups is 1. The van der Waals surface area contributed by atoms with Gasteiger partial charge in [-0.05, 0) is 18.6 Å². The van der Waals surface area contributed by atoms with Crippen molar-refractivity contribution < 1.29 is 9.59 Å². The van der Waals surface area contributed by atoms with Gasteiger partial charge in [-0.25, -0.2) is 4.99 Å². The van der Waals surface area contributed by atoms with Crippen molar-refractivity contribution in [1.82, 2.24) is 0 Å². The van der Waals surface area contributed by atoms with E-state index in [1.54, 1.807) is 6.08 Å². The summed E-state index contributed by atoms with van der Waals surface area (Å²) in [5, 5.41) is 0. The summed E-state index contributed by atoms with van der Waals surface area (Å²) in [5.74, 6) is -0.459. The Morgan fingerprint density at radius 3 is 2.94 bits per heavy atom. The van der Waals surface area contributed by atoms with Crippen LogP contribution in [0, 0.1) is 0 Å². The van der Waals surface area contributed by atoms with Crippen molar-refractivity contribution >= 4 is 29.0 Å². The van der Waals surface area contributed by atoms with Crippen LogP contribution in [0.15, 0.2) is 47.0 Å². The molecule has 0 N–H and O–H groups in total. The zero-order chi connectivity index (χ0) is 11.8. The summed E-state index contributed by atoms with van der Waals surface area (Å²) in [7, 11) is 0. The number of Topliss-reactive ketones (excluding diaryl/α,β-unsaturated/α-hetero) is 1. The van der Waals surface area contributed by atoms with Crippen molar-refractivity contribution in [3.8, 4) is 0 Å². The Balaban J connectivity index is 2.06. The molecule has 3 heteroatoms. The predicted molar refractivity (Wildman–Crippen MR) is 65.3 cm³/mol. The lowest BCUT2D eigenvalue weighted by atomic mass is 9.92. The number of allylic oxidation sites excluding steroid dienone is 4. The maximum atomic E-state index is 11.3. The second-order valence-electron chi connectivity index (χ2n) is 3.99. The Labute approximate surface area is 98.2 Å². The fourth-order valence-corrected chi connectivity index (χ4v) is 2.13. The fourth-order valence-electron chi connectivity index (χ4n) is 2.13. The summed E-state index contributed by atoms with van der Waals surface area (Å²) in [6.45, 7) is 0. The molecule has 0 bridgehead atoms. The molecule has 1 aliphatic heterocycles. The van der Waals surface area contributed by atoms with E-state index in [1.165, 1.54) is 0 Å². The molecule has 1 aromatic rings. The molecule has 2 aliphatic rings. The van der Waals surface area contributed by atoms with E-state index in [1.807, 2.05) is 30.3 Å². The number of para-hydroxylation sites is 1. The van der Waals surface area contributed by atoms with Gasteiger partial charge in [0.1, 0.15) is 0 Å². The number of carbonyl (C=O) groups is 2. The maximum absolute atomic E-state index is 11.3. The molecular formula is C14H9NO2. The average Bonchev–Trinajstić information content (AvgIpc) is 2.75. The molecule has 0 amide bonds. The van der Waals surface area contributed by atoms with E-state index in [9.17, 15) is 9.59 Å². The summed E-state index contributed by atoms with van der Waals surface area (Å²) >= 11 is 0. The molecule has 82 valence electrons. The highest BCUT2D eigenvalue weighted by Crippen LogP contribution is 2.37. The SMILES string of the molecule is O=CC(=O)C1=CC2=Nc3ccccc3C2=CC1. The monoisotopic (exact) mass is 223 g/mol. The van der Waals surface area contributed by atoms with Crippen molar-refractivity contribution in [1.29, 1.82) is 0 Å². The van der Waals surface area contributed by atoms with Crippen LogP contribution in [0.5, 0.6) is 0 Å². The number of fused-ring (bicyclic) bond motifs is 3. The molecule has 1 aromatic carbocycles. The quantitative estimate of drug-likeness (QED) is 0.570. The summed E-state index contributed by atoms with van der Waals surface area (Å²) in [4.78, 5) is 26.2. The van der Waals surface area contributed by atoms with Crippen molar-refractivity contribution in [2.75, 3.05) is 0 Å². The van der Waals surface area contributed by atoms with E-state index >= 15 is 0 Å². The number of hydrogen-bond acceptors (Lipinski definition) is 3. The summed E-state index contributed by atoms with van der Waals surface area (Å²) in [6, 6.07) is 7.85. The topological polar surface area (TPSA) is 46.5 Å². The second kappa shape index (κ2) is 3.63. The summed E-state index contributed by atoms with van der Waals surface area (Å²) in [5.41, 5.74) is 4.36. The largest absolute Gasteiger partial charge is 0.294 e. The molecule has 0 aromatic heterocycles. The van der Waals surface area contributed by atoms with Crippen molar-refractivity contribution in [3.63, 3.8) is 0 Å². The number of rotatable bonds is 2. The zero-order valence-corrected chi connectivity index (χ0v) is 9.01. The fraction of sp³-hybridized carbons (Fsp3) is 0.0714. The first-order chi connectivity index (χ1) is 8.29. The Morgan fingerprint density at radius 1 is 1.29 bits per heavy atom. The van der Waals surface area contributed by atoms with Crippen LogP contribution < -0.4 is 0 Å². The lowest BCUT2D eigenvalue weighted by Crippen LogP contribution is -2.09. The van der Waals surface area contributed by atoms with Crippen LogP contribution in [0.4, 0.5) is 5.69 Å². The van der Waals surface area contributed by atoms with Crippen LogP contribution in [-0.4, -0.2) is 17.8 Å². The van der Waals surface area contributed by atoms with Crippen LogP contribution in [-0.2, 0) is 9.59 Å². The molecule has 1 heterocycles. The number of hydrogen-bond donors (Lipinski definition) is 0. The molecule has 17 heavy (non-hydrogen) atoms. The Morgan fingerprint density at radius 2 is 2.12 bits per heavy atom. The standard InChI is InChI=1S/C14H9NO2/c16-8-14(17)9-5-6-11-10-3-1-2-4-12(10)15-13(11)7-9/h1-4,6-8H,5H2. The molecule has 3 rings (SSSR count). The highest BCUT2D eigenvalue weighted by atomic mass is 16.2. The summed E-state index contributed by atoms with van der Waals surface area (Å²) < 4.78 is 0. The van der Waals surface area contributed by atoms with E-state index < -0.39 is 5.78 Å². The normalized spacial score (nSPS) is 16.4. The van der Waals surface area contributed by atoms with Gasteiger partial charge >= 0.3 is 0 Å². The molecule has 0 fully saturated rings. The first-order valence-electron chi connectivity index (χ1n) is 5.38. The molecule has 0 saturated carbocycles. The Kier molecular flexibility index (Phi) is 2.11. The average molecular weight is 223 g/mol. The van der Waals surface area contributed by atoms with Crippen LogP contribution in [0.25, 0.3) is 5.57 Å². The van der Waals surface area contributed by atoms with Gasteiger partial charge in [-0.1, -0.05) is 24.3 Å². The van der Waals surface area contributed by atoms with Crippen molar-refractivity contribution in [2.45, 2.75) is 6.42 Å². The molecule has 0 unspecified atom stereocenters. The van der Waals surface area contributed by atoms with E-state index in [0.29, 0.717) is 18.3 Å². The van der Waals surface area contributed by atoms with Crippen molar-refractivity contribution in [2.24, 2.45) is 4.99 Å². The number of ketones is 1. The van der Waals surface area contributed by atoms with Crippen LogP contribution in [0.3, 0.4) is 0 Å². The van der Waals surface area contributed by atoms with E-state index in [0.717, 1.165) is 22.5 Å². The number of aldehydes is 1. The first kappa shape index (κ1) is 9.90. The van der Waals surface area contributed by atoms with Gasteiger partial charge in [0.05, 0.1) is 11.4 Å². The molecule has 0 spiro atoms. The van der Waals surface area contributed by atoms with Gasteiger partial charge in [0, 0.05) is 16.7 Å². The molecule has 1 aliphatic carbocycles. The van der Waals surface area contributed by atoms with Crippen LogP contribution >= 0.6 is 0 Å². The maximum Gasteiger partial charge on any atom is 0.221 e. The third-order valence-corrected chi connectivity index (χ3v) is 2.97. The van der Waals surface area contributed by atoms with E-state index in [-0.39, 0.29) is 0 Å². The molecule has 0 radical (unpaired) electrons. The van der Waals surface area contributed by atoms with E-state index in [2.05, 4.69) is 4.99 Å². The van der Waals surface area contributed by atoms with E-state index in [4.69, 9.17) is 0 Å². The number of benzene rings is 1. The zero-order valence-electron chi connectivity index (χ0n) is 9.01.